The van der Waals surface area contributed by atoms with E-state index in [1.165, 1.54) is 40.6 Å². The first-order valence-corrected chi connectivity index (χ1v) is 13.8. The first-order valence-electron chi connectivity index (χ1n) is 11.5. The zero-order valence-electron chi connectivity index (χ0n) is 18.5. The molecule has 5 rings (SSSR count). The van der Waals surface area contributed by atoms with E-state index in [1.807, 2.05) is 12.1 Å². The lowest BCUT2D eigenvalue weighted by Gasteiger charge is -2.30. The Labute approximate surface area is 198 Å². The summed E-state index contributed by atoms with van der Waals surface area (Å²) in [5, 5.41) is 5.01. The van der Waals surface area contributed by atoms with Crippen molar-refractivity contribution in [3.8, 4) is 0 Å². The second-order valence-corrected chi connectivity index (χ2v) is 12.0. The quantitative estimate of drug-likeness (QED) is 0.566. The van der Waals surface area contributed by atoms with Crippen LogP contribution in [-0.2, 0) is 21.2 Å². The summed E-state index contributed by atoms with van der Waals surface area (Å²) in [5.41, 5.74) is 1.91. The number of rotatable bonds is 6. The third kappa shape index (κ3) is 4.62. The second-order valence-electron chi connectivity index (χ2n) is 8.66. The van der Waals surface area contributed by atoms with Gasteiger partial charge in [0.15, 0.2) is 0 Å². The number of piperidine rings is 1. The van der Waals surface area contributed by atoms with Crippen molar-refractivity contribution in [1.29, 1.82) is 0 Å². The van der Waals surface area contributed by atoms with Gasteiger partial charge in [-0.2, -0.15) is 4.31 Å². The van der Waals surface area contributed by atoms with Crippen LogP contribution >= 0.6 is 11.3 Å². The lowest BCUT2D eigenvalue weighted by molar-refractivity contribution is -0.115. The number of anilines is 2. The van der Waals surface area contributed by atoms with Crippen molar-refractivity contribution in [3.05, 3.63) is 47.6 Å². The first kappa shape index (κ1) is 22.3. The van der Waals surface area contributed by atoms with E-state index in [-0.39, 0.29) is 12.3 Å². The van der Waals surface area contributed by atoms with Crippen LogP contribution in [0.4, 0.5) is 11.4 Å². The molecule has 2 aliphatic heterocycles. The Morgan fingerprint density at radius 1 is 0.939 bits per heavy atom. The fourth-order valence-corrected chi connectivity index (χ4v) is 7.72. The van der Waals surface area contributed by atoms with Crippen molar-refractivity contribution in [2.24, 2.45) is 0 Å². The summed E-state index contributed by atoms with van der Waals surface area (Å²) in [5.74, 6) is -0.169. The van der Waals surface area contributed by atoms with Gasteiger partial charge in [-0.3, -0.25) is 9.78 Å². The molecule has 2 saturated heterocycles. The molecule has 0 spiro atoms. The number of benzene rings is 1. The molecular formula is C24H28N4O3S2. The maximum absolute atomic E-state index is 12.8. The van der Waals surface area contributed by atoms with Crippen molar-refractivity contribution in [1.82, 2.24) is 9.29 Å². The number of amides is 1. The number of pyridine rings is 1. The summed E-state index contributed by atoms with van der Waals surface area (Å²) in [7, 11) is -3.45. The van der Waals surface area contributed by atoms with Crippen LogP contribution in [0.1, 0.15) is 37.0 Å². The summed E-state index contributed by atoms with van der Waals surface area (Å²) in [6, 6.07) is 9.39. The predicted octanol–water partition coefficient (Wildman–Crippen LogP) is 4.25. The van der Waals surface area contributed by atoms with Gasteiger partial charge in [0.05, 0.1) is 12.1 Å². The van der Waals surface area contributed by atoms with E-state index >= 15 is 0 Å². The smallest absolute Gasteiger partial charge is 0.252 e. The molecule has 2 aliphatic rings. The zero-order valence-corrected chi connectivity index (χ0v) is 20.1. The van der Waals surface area contributed by atoms with Crippen molar-refractivity contribution >= 4 is 49.4 Å². The highest BCUT2D eigenvalue weighted by molar-refractivity contribution is 7.91. The van der Waals surface area contributed by atoms with E-state index < -0.39 is 10.0 Å². The Morgan fingerprint density at radius 3 is 2.48 bits per heavy atom. The number of carbonyl (C=O) groups excluding carboxylic acids is 1. The van der Waals surface area contributed by atoms with Crippen LogP contribution in [0.5, 0.6) is 0 Å². The van der Waals surface area contributed by atoms with Crippen LogP contribution in [0, 0.1) is 0 Å². The van der Waals surface area contributed by atoms with E-state index in [2.05, 4.69) is 21.3 Å². The van der Waals surface area contributed by atoms with E-state index in [9.17, 15) is 13.2 Å². The Bertz CT molecular complexity index is 1260. The Hall–Kier alpha value is -2.49. The molecule has 0 aliphatic carbocycles. The molecule has 0 atom stereocenters. The van der Waals surface area contributed by atoms with Gasteiger partial charge in [-0.15, -0.1) is 11.3 Å². The molecule has 2 fully saturated rings. The van der Waals surface area contributed by atoms with Gasteiger partial charge in [0.25, 0.3) is 10.0 Å². The molecule has 174 valence electrons. The fourth-order valence-electron chi connectivity index (χ4n) is 4.69. The van der Waals surface area contributed by atoms with Gasteiger partial charge in [-0.1, -0.05) is 0 Å². The molecule has 0 radical (unpaired) electrons. The second kappa shape index (κ2) is 9.40. The van der Waals surface area contributed by atoms with Crippen LogP contribution < -0.4 is 10.2 Å². The summed E-state index contributed by atoms with van der Waals surface area (Å²) >= 11 is 1.18. The summed E-state index contributed by atoms with van der Waals surface area (Å²) in [4.78, 5) is 20.3. The third-order valence-electron chi connectivity index (χ3n) is 6.40. The molecule has 1 N–H and O–H groups in total. The number of thiophene rings is 1. The molecular weight excluding hydrogens is 456 g/mol. The van der Waals surface area contributed by atoms with Crippen LogP contribution in [0.15, 0.2) is 46.9 Å². The minimum Gasteiger partial charge on any atom is -0.371 e. The molecule has 9 heteroatoms. The number of nitrogens with zero attached hydrogens (tertiary/aromatic N) is 3. The normalized spacial score (nSPS) is 17.5. The Morgan fingerprint density at radius 2 is 1.70 bits per heavy atom. The van der Waals surface area contributed by atoms with Gasteiger partial charge in [-0.05, 0) is 62.4 Å². The molecule has 33 heavy (non-hydrogen) atoms. The number of nitrogens with one attached hydrogen (secondary N) is 1. The highest BCUT2D eigenvalue weighted by atomic mass is 32.2. The molecule has 1 amide bonds. The number of aromatic nitrogens is 1. The minimum atomic E-state index is -3.45. The molecule has 0 bridgehead atoms. The largest absolute Gasteiger partial charge is 0.371 e. The van der Waals surface area contributed by atoms with Gasteiger partial charge in [0, 0.05) is 59.9 Å². The van der Waals surface area contributed by atoms with E-state index in [0.717, 1.165) is 47.3 Å². The SMILES string of the molecule is O=C(Cc1ccc(S(=O)(=O)N2CCCC2)s1)Nc1ccc(N2CCCCC2)c2ccncc12. The van der Waals surface area contributed by atoms with Gasteiger partial charge in [0.2, 0.25) is 5.91 Å². The lowest BCUT2D eigenvalue weighted by Crippen LogP contribution is -2.29. The molecule has 2 aromatic heterocycles. The number of hydrogen-bond donors (Lipinski definition) is 1. The Balaban J connectivity index is 1.32. The van der Waals surface area contributed by atoms with Gasteiger partial charge < -0.3 is 10.2 Å². The monoisotopic (exact) mass is 484 g/mol. The fraction of sp³-hybridized carbons (Fsp3) is 0.417. The summed E-state index contributed by atoms with van der Waals surface area (Å²) < 4.78 is 27.4. The van der Waals surface area contributed by atoms with Crippen molar-refractivity contribution < 1.29 is 13.2 Å². The van der Waals surface area contributed by atoms with Crippen molar-refractivity contribution in [2.75, 3.05) is 36.4 Å². The average Bonchev–Trinajstić information content (AvgIpc) is 3.53. The molecule has 1 aromatic carbocycles. The van der Waals surface area contributed by atoms with Crippen molar-refractivity contribution in [3.63, 3.8) is 0 Å². The number of hydrogen-bond acceptors (Lipinski definition) is 6. The average molecular weight is 485 g/mol. The molecule has 7 nitrogen and oxygen atoms in total. The van der Waals surface area contributed by atoms with Crippen LogP contribution in [0.2, 0.25) is 0 Å². The standard InChI is InChI=1S/C24H28N4O3S2/c29-23(16-18-6-9-24(32-18)33(30,31)28-14-4-5-15-28)26-21-7-8-22(27-12-2-1-3-13-27)19-10-11-25-17-20(19)21/h6-11,17H,1-5,12-16H2,(H,26,29). The molecule has 3 aromatic rings. The first-order chi connectivity index (χ1) is 16.0. The molecule has 0 unspecified atom stereocenters. The molecule has 0 saturated carbocycles. The van der Waals surface area contributed by atoms with Gasteiger partial charge in [-0.25, -0.2) is 8.42 Å². The van der Waals surface area contributed by atoms with E-state index in [4.69, 9.17) is 0 Å². The maximum Gasteiger partial charge on any atom is 0.252 e. The van der Waals surface area contributed by atoms with E-state index in [0.29, 0.717) is 17.3 Å². The van der Waals surface area contributed by atoms with E-state index in [1.54, 1.807) is 24.5 Å². The maximum atomic E-state index is 12.8. The minimum absolute atomic E-state index is 0.135. The highest BCUT2D eigenvalue weighted by Gasteiger charge is 2.28. The lowest BCUT2D eigenvalue weighted by atomic mass is 10.0. The van der Waals surface area contributed by atoms with Gasteiger partial charge >= 0.3 is 0 Å². The van der Waals surface area contributed by atoms with Gasteiger partial charge in [0.1, 0.15) is 4.21 Å². The predicted molar refractivity (Wildman–Crippen MR) is 132 cm³/mol. The number of sulfonamides is 1. The van der Waals surface area contributed by atoms with Crippen LogP contribution in [0.3, 0.4) is 0 Å². The molecule has 4 heterocycles. The third-order valence-corrected chi connectivity index (χ3v) is 9.85. The van der Waals surface area contributed by atoms with Crippen molar-refractivity contribution in [2.45, 2.75) is 42.7 Å². The summed E-state index contributed by atoms with van der Waals surface area (Å²) in [6.07, 6.45) is 9.19. The van der Waals surface area contributed by atoms with Crippen LogP contribution in [-0.4, -0.2) is 49.8 Å². The number of fused-ring (bicyclic) bond motifs is 1. The number of carbonyl (C=O) groups is 1. The topological polar surface area (TPSA) is 82.6 Å². The Kier molecular flexibility index (Phi) is 6.36. The highest BCUT2D eigenvalue weighted by Crippen LogP contribution is 2.34. The van der Waals surface area contributed by atoms with Crippen LogP contribution in [0.25, 0.3) is 10.8 Å². The summed E-state index contributed by atoms with van der Waals surface area (Å²) in [6.45, 7) is 3.24. The zero-order chi connectivity index (χ0) is 22.8.